The fourth-order valence-corrected chi connectivity index (χ4v) is 2.61. The molecule has 1 atom stereocenters. The van der Waals surface area contributed by atoms with E-state index in [1.165, 1.54) is 0 Å². The Bertz CT molecular complexity index is 724. The molecule has 0 saturated carbocycles. The summed E-state index contributed by atoms with van der Waals surface area (Å²) in [6, 6.07) is 12.3. The molecule has 2 amide bonds. The number of nitrogens with one attached hydrogen (secondary N) is 2. The molecule has 0 heterocycles. The van der Waals surface area contributed by atoms with E-state index in [0.717, 1.165) is 10.0 Å². The van der Waals surface area contributed by atoms with Gasteiger partial charge in [0.05, 0.1) is 25.4 Å². The topological polar surface area (TPSA) is 79.8 Å². The largest absolute Gasteiger partial charge is 0.493 e. The van der Waals surface area contributed by atoms with Gasteiger partial charge in [-0.1, -0.05) is 18.2 Å². The van der Waals surface area contributed by atoms with Crippen molar-refractivity contribution in [1.29, 1.82) is 0 Å². The van der Waals surface area contributed by atoms with Gasteiger partial charge in [-0.2, -0.15) is 0 Å². The molecule has 3 N–H and O–H groups in total. The molecule has 0 aromatic heterocycles. The molecule has 25 heavy (non-hydrogen) atoms. The first-order valence-corrected chi connectivity index (χ1v) is 8.58. The number of aliphatic hydroxyl groups is 1. The summed E-state index contributed by atoms with van der Waals surface area (Å²) in [5, 5.41) is 14.5. The molecule has 2 aromatic carbocycles. The number of carbonyl (C=O) groups is 1. The number of benzene rings is 2. The van der Waals surface area contributed by atoms with Gasteiger partial charge in [-0.25, -0.2) is 4.79 Å². The minimum atomic E-state index is -0.307. The van der Waals surface area contributed by atoms with E-state index in [0.29, 0.717) is 17.2 Å². The van der Waals surface area contributed by atoms with Crippen LogP contribution in [0.5, 0.6) is 11.5 Å². The smallest absolute Gasteiger partial charge is 0.319 e. The van der Waals surface area contributed by atoms with E-state index in [1.54, 1.807) is 19.2 Å². The number of para-hydroxylation sites is 1. The Morgan fingerprint density at radius 3 is 2.68 bits per heavy atom. The van der Waals surface area contributed by atoms with Crippen LogP contribution >= 0.6 is 15.9 Å². The van der Waals surface area contributed by atoms with Crippen LogP contribution in [0.3, 0.4) is 0 Å². The van der Waals surface area contributed by atoms with E-state index < -0.39 is 0 Å². The molecule has 0 fully saturated rings. The molecule has 0 radical (unpaired) electrons. The number of rotatable bonds is 7. The number of methoxy groups -OCH3 is 1. The van der Waals surface area contributed by atoms with Crippen LogP contribution in [0.2, 0.25) is 0 Å². The Morgan fingerprint density at radius 2 is 2.00 bits per heavy atom. The lowest BCUT2D eigenvalue weighted by atomic mass is 10.1. The number of halogens is 1. The summed E-state index contributed by atoms with van der Waals surface area (Å²) >= 11 is 3.39. The lowest BCUT2D eigenvalue weighted by Gasteiger charge is -2.18. The predicted octanol–water partition coefficient (Wildman–Crippen LogP) is 3.71. The van der Waals surface area contributed by atoms with Crippen molar-refractivity contribution in [2.24, 2.45) is 0 Å². The highest BCUT2D eigenvalue weighted by Gasteiger charge is 2.13. The van der Waals surface area contributed by atoms with Gasteiger partial charge in [-0.15, -0.1) is 0 Å². The molecule has 0 unspecified atom stereocenters. The second-order valence-electron chi connectivity index (χ2n) is 5.28. The summed E-state index contributed by atoms with van der Waals surface area (Å²) in [6.07, 6.45) is 0. The number of amides is 2. The van der Waals surface area contributed by atoms with Gasteiger partial charge in [-0.3, -0.25) is 0 Å². The monoisotopic (exact) mass is 408 g/mol. The van der Waals surface area contributed by atoms with E-state index in [1.807, 2.05) is 37.3 Å². The third-order valence-corrected chi connectivity index (χ3v) is 4.20. The number of anilines is 1. The van der Waals surface area contributed by atoms with Crippen LogP contribution in [0.15, 0.2) is 46.9 Å². The third kappa shape index (κ3) is 5.37. The number of hydrogen-bond acceptors (Lipinski definition) is 4. The maximum Gasteiger partial charge on any atom is 0.319 e. The summed E-state index contributed by atoms with van der Waals surface area (Å²) in [6.45, 7) is 2.00. The molecule has 0 aliphatic rings. The zero-order chi connectivity index (χ0) is 18.2. The molecule has 6 nitrogen and oxygen atoms in total. The number of ether oxygens (including phenoxy) is 2. The predicted molar refractivity (Wildman–Crippen MR) is 100 cm³/mol. The maximum absolute atomic E-state index is 12.2. The zero-order valence-corrected chi connectivity index (χ0v) is 15.7. The van der Waals surface area contributed by atoms with Crippen molar-refractivity contribution in [2.45, 2.75) is 13.0 Å². The van der Waals surface area contributed by atoms with Crippen molar-refractivity contribution in [3.05, 3.63) is 52.5 Å². The fraction of sp³-hybridized carbons (Fsp3) is 0.278. The minimum Gasteiger partial charge on any atom is -0.493 e. The Labute approximate surface area is 155 Å². The van der Waals surface area contributed by atoms with E-state index in [9.17, 15) is 4.79 Å². The Hall–Kier alpha value is -2.25. The van der Waals surface area contributed by atoms with Crippen LogP contribution in [-0.2, 0) is 0 Å². The van der Waals surface area contributed by atoms with Crippen molar-refractivity contribution < 1.29 is 19.4 Å². The summed E-state index contributed by atoms with van der Waals surface area (Å²) in [5.74, 6) is 1.09. The summed E-state index contributed by atoms with van der Waals surface area (Å²) in [4.78, 5) is 12.2. The molecule has 7 heteroatoms. The highest BCUT2D eigenvalue weighted by molar-refractivity contribution is 9.10. The summed E-state index contributed by atoms with van der Waals surface area (Å²) in [5.41, 5.74) is 1.56. The molecule has 134 valence electrons. The molecular formula is C18H21BrN2O4. The van der Waals surface area contributed by atoms with Gasteiger partial charge in [0.15, 0.2) is 11.5 Å². The molecule has 0 aliphatic heterocycles. The normalized spacial score (nSPS) is 11.5. The summed E-state index contributed by atoms with van der Waals surface area (Å²) in [7, 11) is 1.54. The van der Waals surface area contributed by atoms with Gasteiger partial charge < -0.3 is 25.2 Å². The Morgan fingerprint density at radius 1 is 1.24 bits per heavy atom. The lowest BCUT2D eigenvalue weighted by Crippen LogP contribution is -2.31. The summed E-state index contributed by atoms with van der Waals surface area (Å²) < 4.78 is 11.5. The molecule has 0 saturated heterocycles. The number of hydrogen-bond donors (Lipinski definition) is 3. The first-order chi connectivity index (χ1) is 12.0. The van der Waals surface area contributed by atoms with Gasteiger partial charge in [0, 0.05) is 4.47 Å². The van der Waals surface area contributed by atoms with Crippen LogP contribution in [0.25, 0.3) is 0 Å². The quantitative estimate of drug-likeness (QED) is 0.652. The van der Waals surface area contributed by atoms with E-state index >= 15 is 0 Å². The first kappa shape index (κ1) is 19.1. The Balaban J connectivity index is 2.03. The van der Waals surface area contributed by atoms with Crippen LogP contribution < -0.4 is 20.1 Å². The van der Waals surface area contributed by atoms with Crippen LogP contribution in [-0.4, -0.2) is 31.5 Å². The lowest BCUT2D eigenvalue weighted by molar-refractivity contribution is 0.196. The van der Waals surface area contributed by atoms with Gasteiger partial charge >= 0.3 is 6.03 Å². The van der Waals surface area contributed by atoms with Gasteiger partial charge in [0.2, 0.25) is 0 Å². The molecule has 0 spiro atoms. The number of carbonyl (C=O) groups excluding carboxylic acids is 1. The SMILES string of the molecule is COc1cc([C@H](C)NC(=O)Nc2ccccc2Br)ccc1OCCO. The zero-order valence-electron chi connectivity index (χ0n) is 14.1. The molecule has 0 aliphatic carbocycles. The van der Waals surface area contributed by atoms with Crippen LogP contribution in [0.4, 0.5) is 10.5 Å². The van der Waals surface area contributed by atoms with Crippen molar-refractivity contribution in [2.75, 3.05) is 25.6 Å². The molecule has 2 aromatic rings. The highest BCUT2D eigenvalue weighted by atomic mass is 79.9. The van der Waals surface area contributed by atoms with Gasteiger partial charge in [0.25, 0.3) is 0 Å². The van der Waals surface area contributed by atoms with Crippen molar-refractivity contribution in [3.63, 3.8) is 0 Å². The van der Waals surface area contributed by atoms with Gasteiger partial charge in [-0.05, 0) is 52.7 Å². The maximum atomic E-state index is 12.2. The van der Waals surface area contributed by atoms with Crippen molar-refractivity contribution in [1.82, 2.24) is 5.32 Å². The van der Waals surface area contributed by atoms with E-state index in [2.05, 4.69) is 26.6 Å². The third-order valence-electron chi connectivity index (χ3n) is 3.51. The van der Waals surface area contributed by atoms with Crippen LogP contribution in [0.1, 0.15) is 18.5 Å². The molecule has 0 bridgehead atoms. The Kier molecular flexibility index (Phi) is 7.09. The fourth-order valence-electron chi connectivity index (χ4n) is 2.23. The second-order valence-corrected chi connectivity index (χ2v) is 6.14. The standard InChI is InChI=1S/C18H21BrN2O4/c1-12(20-18(23)21-15-6-4-3-5-14(15)19)13-7-8-16(25-10-9-22)17(11-13)24-2/h3-8,11-12,22H,9-10H2,1-2H3,(H2,20,21,23)/t12-/m0/s1. The van der Waals surface area contributed by atoms with Crippen molar-refractivity contribution in [3.8, 4) is 11.5 Å². The van der Waals surface area contributed by atoms with Gasteiger partial charge in [0.1, 0.15) is 6.61 Å². The average Bonchev–Trinajstić information content (AvgIpc) is 2.61. The highest BCUT2D eigenvalue weighted by Crippen LogP contribution is 2.30. The second kappa shape index (κ2) is 9.29. The average molecular weight is 409 g/mol. The number of urea groups is 1. The first-order valence-electron chi connectivity index (χ1n) is 7.78. The number of aliphatic hydroxyl groups excluding tert-OH is 1. The molecule has 2 rings (SSSR count). The van der Waals surface area contributed by atoms with E-state index in [4.69, 9.17) is 14.6 Å². The van der Waals surface area contributed by atoms with Crippen molar-refractivity contribution >= 4 is 27.6 Å². The van der Waals surface area contributed by atoms with E-state index in [-0.39, 0.29) is 25.3 Å². The van der Waals surface area contributed by atoms with Crippen LogP contribution in [0, 0.1) is 0 Å². The minimum absolute atomic E-state index is 0.0713. The molecular weight excluding hydrogens is 388 g/mol.